The Bertz CT molecular complexity index is 1040. The summed E-state index contributed by atoms with van der Waals surface area (Å²) < 4.78 is 0. The van der Waals surface area contributed by atoms with E-state index in [0.29, 0.717) is 0 Å². The van der Waals surface area contributed by atoms with Gasteiger partial charge in [0, 0.05) is 16.8 Å². The first-order chi connectivity index (χ1) is 12.7. The zero-order chi connectivity index (χ0) is 17.6. The molecule has 0 aromatic heterocycles. The number of benzene rings is 4. The van der Waals surface area contributed by atoms with Crippen LogP contribution in [-0.2, 0) is 5.66 Å². The summed E-state index contributed by atoms with van der Waals surface area (Å²) in [6.07, 6.45) is 0. The molecule has 1 aliphatic heterocycles. The van der Waals surface area contributed by atoms with Gasteiger partial charge in [0.15, 0.2) is 0 Å². The van der Waals surface area contributed by atoms with Crippen LogP contribution in [0.4, 0.5) is 11.4 Å². The van der Waals surface area contributed by atoms with E-state index in [4.69, 9.17) is 0 Å². The Balaban J connectivity index is 1.54. The van der Waals surface area contributed by atoms with E-state index in [-0.39, 0.29) is 5.66 Å². The Kier molecular flexibility index (Phi) is 3.26. The molecule has 0 bridgehead atoms. The molecule has 0 atom stereocenters. The monoisotopic (exact) mass is 336 g/mol. The van der Waals surface area contributed by atoms with Crippen molar-refractivity contribution in [2.24, 2.45) is 0 Å². The van der Waals surface area contributed by atoms with Crippen molar-refractivity contribution in [3.63, 3.8) is 0 Å². The third-order valence-electron chi connectivity index (χ3n) is 5.24. The lowest BCUT2D eigenvalue weighted by Gasteiger charge is -2.39. The Morgan fingerprint density at radius 3 is 1.77 bits per heavy atom. The number of nitrogens with one attached hydrogen (secondary N) is 2. The lowest BCUT2D eigenvalue weighted by Crippen LogP contribution is -2.42. The van der Waals surface area contributed by atoms with Gasteiger partial charge in [-0.1, -0.05) is 78.9 Å². The second-order valence-electron chi connectivity index (χ2n) is 7.03. The Hall–Kier alpha value is -3.26. The van der Waals surface area contributed by atoms with Gasteiger partial charge in [0.25, 0.3) is 0 Å². The van der Waals surface area contributed by atoms with Crippen LogP contribution < -0.4 is 10.6 Å². The lowest BCUT2D eigenvalue weighted by molar-refractivity contribution is 0.626. The molecule has 0 unspecified atom stereocenters. The highest BCUT2D eigenvalue weighted by Gasteiger charge is 2.31. The summed E-state index contributed by atoms with van der Waals surface area (Å²) in [6, 6.07) is 32.1. The van der Waals surface area contributed by atoms with Gasteiger partial charge < -0.3 is 10.6 Å². The van der Waals surface area contributed by atoms with Crippen molar-refractivity contribution in [2.75, 3.05) is 10.6 Å². The molecular weight excluding hydrogens is 316 g/mol. The fraction of sp³-hybridized carbons (Fsp3) is 0.0833. The molecule has 26 heavy (non-hydrogen) atoms. The molecule has 1 aliphatic rings. The van der Waals surface area contributed by atoms with Gasteiger partial charge in [0.2, 0.25) is 0 Å². The molecule has 126 valence electrons. The van der Waals surface area contributed by atoms with E-state index in [0.717, 1.165) is 0 Å². The minimum atomic E-state index is -0.349. The summed E-state index contributed by atoms with van der Waals surface area (Å²) in [5.41, 5.74) is 5.68. The molecule has 0 fully saturated rings. The van der Waals surface area contributed by atoms with E-state index in [2.05, 4.69) is 102 Å². The summed E-state index contributed by atoms with van der Waals surface area (Å²) in [4.78, 5) is 0. The fourth-order valence-corrected chi connectivity index (χ4v) is 3.89. The molecule has 0 saturated carbocycles. The van der Waals surface area contributed by atoms with Crippen LogP contribution >= 0.6 is 0 Å². The SMILES string of the molecule is CC1(c2ccc(-c3ccccc3)cc2)Nc2cccc3cccc(c23)N1. The van der Waals surface area contributed by atoms with Gasteiger partial charge in [0.1, 0.15) is 5.66 Å². The summed E-state index contributed by atoms with van der Waals surface area (Å²) in [5, 5.41) is 9.91. The Labute approximate surface area is 153 Å². The molecule has 1 heterocycles. The quantitative estimate of drug-likeness (QED) is 0.454. The summed E-state index contributed by atoms with van der Waals surface area (Å²) in [6.45, 7) is 2.19. The van der Waals surface area contributed by atoms with Gasteiger partial charge in [0.05, 0.1) is 0 Å². The van der Waals surface area contributed by atoms with E-state index in [1.807, 2.05) is 6.07 Å². The molecule has 0 amide bonds. The van der Waals surface area contributed by atoms with E-state index in [1.165, 1.54) is 38.8 Å². The second-order valence-corrected chi connectivity index (χ2v) is 7.03. The molecule has 0 spiro atoms. The van der Waals surface area contributed by atoms with Crippen LogP contribution in [0.3, 0.4) is 0 Å². The average Bonchev–Trinajstić information content (AvgIpc) is 2.69. The maximum atomic E-state index is 3.70. The van der Waals surface area contributed by atoms with Gasteiger partial charge in [-0.05, 0) is 41.1 Å². The van der Waals surface area contributed by atoms with Crippen molar-refractivity contribution in [1.82, 2.24) is 0 Å². The number of rotatable bonds is 2. The van der Waals surface area contributed by atoms with Crippen molar-refractivity contribution in [3.8, 4) is 11.1 Å². The van der Waals surface area contributed by atoms with E-state index >= 15 is 0 Å². The maximum absolute atomic E-state index is 3.70. The summed E-state index contributed by atoms with van der Waals surface area (Å²) in [7, 11) is 0. The predicted molar refractivity (Wildman–Crippen MR) is 110 cm³/mol. The molecular formula is C24H20N2. The van der Waals surface area contributed by atoms with E-state index in [9.17, 15) is 0 Å². The van der Waals surface area contributed by atoms with Crippen molar-refractivity contribution < 1.29 is 0 Å². The molecule has 2 heteroatoms. The second kappa shape index (κ2) is 5.63. The minimum absolute atomic E-state index is 0.349. The number of anilines is 2. The van der Waals surface area contributed by atoms with Crippen LogP contribution in [0.25, 0.3) is 21.9 Å². The third-order valence-corrected chi connectivity index (χ3v) is 5.24. The first-order valence-corrected chi connectivity index (χ1v) is 8.97. The zero-order valence-electron chi connectivity index (χ0n) is 14.7. The van der Waals surface area contributed by atoms with E-state index in [1.54, 1.807) is 0 Å². The van der Waals surface area contributed by atoms with Crippen LogP contribution in [-0.4, -0.2) is 0 Å². The van der Waals surface area contributed by atoms with Gasteiger partial charge >= 0.3 is 0 Å². The van der Waals surface area contributed by atoms with Gasteiger partial charge in [-0.2, -0.15) is 0 Å². The lowest BCUT2D eigenvalue weighted by atomic mass is 9.93. The minimum Gasteiger partial charge on any atom is -0.359 e. The van der Waals surface area contributed by atoms with E-state index < -0.39 is 0 Å². The van der Waals surface area contributed by atoms with Crippen molar-refractivity contribution in [3.05, 3.63) is 96.6 Å². The average molecular weight is 336 g/mol. The largest absolute Gasteiger partial charge is 0.359 e. The van der Waals surface area contributed by atoms with Crippen LogP contribution in [0.15, 0.2) is 91.0 Å². The first-order valence-electron chi connectivity index (χ1n) is 8.97. The Morgan fingerprint density at radius 1 is 0.577 bits per heavy atom. The topological polar surface area (TPSA) is 24.1 Å². The van der Waals surface area contributed by atoms with Crippen LogP contribution in [0.1, 0.15) is 12.5 Å². The molecule has 5 rings (SSSR count). The molecule has 2 nitrogen and oxygen atoms in total. The predicted octanol–water partition coefficient (Wildman–Crippen LogP) is 6.22. The van der Waals surface area contributed by atoms with Gasteiger partial charge in [-0.25, -0.2) is 0 Å². The standard InChI is InChI=1S/C24H20N2/c1-24(20-15-13-18(14-16-20)17-7-3-2-4-8-17)25-21-11-5-9-19-10-6-12-22(26-24)23(19)21/h2-16,25-26H,1H3. The van der Waals surface area contributed by atoms with Crippen LogP contribution in [0.5, 0.6) is 0 Å². The molecule has 0 radical (unpaired) electrons. The van der Waals surface area contributed by atoms with Crippen LogP contribution in [0, 0.1) is 0 Å². The maximum Gasteiger partial charge on any atom is 0.131 e. The normalized spacial score (nSPS) is 14.5. The zero-order valence-corrected chi connectivity index (χ0v) is 14.7. The molecule has 0 aliphatic carbocycles. The first kappa shape index (κ1) is 15.0. The summed E-state index contributed by atoms with van der Waals surface area (Å²) >= 11 is 0. The van der Waals surface area contributed by atoms with Crippen molar-refractivity contribution in [1.29, 1.82) is 0 Å². The smallest absolute Gasteiger partial charge is 0.131 e. The number of hydrogen-bond acceptors (Lipinski definition) is 2. The van der Waals surface area contributed by atoms with Gasteiger partial charge in [-0.15, -0.1) is 0 Å². The highest BCUT2D eigenvalue weighted by Crippen LogP contribution is 2.41. The third kappa shape index (κ3) is 2.34. The highest BCUT2D eigenvalue weighted by atomic mass is 15.2. The van der Waals surface area contributed by atoms with Crippen LogP contribution in [0.2, 0.25) is 0 Å². The fourth-order valence-electron chi connectivity index (χ4n) is 3.89. The molecule has 4 aromatic rings. The Morgan fingerprint density at radius 2 is 1.15 bits per heavy atom. The molecule has 4 aromatic carbocycles. The highest BCUT2D eigenvalue weighted by molar-refractivity contribution is 6.05. The number of hydrogen-bond donors (Lipinski definition) is 2. The van der Waals surface area contributed by atoms with Gasteiger partial charge in [-0.3, -0.25) is 0 Å². The van der Waals surface area contributed by atoms with Crippen molar-refractivity contribution >= 4 is 22.1 Å². The molecule has 0 saturated heterocycles. The summed E-state index contributed by atoms with van der Waals surface area (Å²) in [5.74, 6) is 0. The molecule has 2 N–H and O–H groups in total. The van der Waals surface area contributed by atoms with Crippen molar-refractivity contribution in [2.45, 2.75) is 12.6 Å².